The van der Waals surface area contributed by atoms with Crippen LogP contribution in [0.15, 0.2) is 97.1 Å². The van der Waals surface area contributed by atoms with Crippen molar-refractivity contribution in [1.82, 2.24) is 0 Å². The van der Waals surface area contributed by atoms with Gasteiger partial charge < -0.3 is 9.64 Å². The largest absolute Gasteiger partial charge is 0.457 e. The molecule has 142 valence electrons. The Labute approximate surface area is 172 Å². The van der Waals surface area contributed by atoms with Gasteiger partial charge in [0.25, 0.3) is 0 Å². The van der Waals surface area contributed by atoms with Crippen molar-refractivity contribution < 1.29 is 4.74 Å². The summed E-state index contributed by atoms with van der Waals surface area (Å²) in [7, 11) is 0. The van der Waals surface area contributed by atoms with Crippen LogP contribution in [0, 0.1) is 0 Å². The second-order valence-electron chi connectivity index (χ2n) is 7.30. The van der Waals surface area contributed by atoms with Crippen molar-refractivity contribution in [3.8, 4) is 22.6 Å². The summed E-state index contributed by atoms with van der Waals surface area (Å²) in [4.78, 5) is 2.37. The molecule has 4 aromatic rings. The van der Waals surface area contributed by atoms with Crippen LogP contribution >= 0.6 is 0 Å². The first kappa shape index (κ1) is 17.6. The van der Waals surface area contributed by atoms with E-state index < -0.39 is 0 Å². The van der Waals surface area contributed by atoms with Crippen molar-refractivity contribution in [1.29, 1.82) is 0 Å². The Morgan fingerprint density at radius 3 is 2.17 bits per heavy atom. The average molecular weight is 377 g/mol. The fraction of sp³-hybridized carbons (Fsp3) is 0.111. The standard InChI is InChI=1S/C27H23NO/c1-2-28(23-17-15-21(16-18-23)20-9-4-3-5-10-20)25-12-8-14-27-24(25)19-22-11-6-7-13-26(22)29-27/h3-18H,2,19H2,1H3. The van der Waals surface area contributed by atoms with Gasteiger partial charge >= 0.3 is 0 Å². The molecule has 1 aliphatic heterocycles. The van der Waals surface area contributed by atoms with Gasteiger partial charge in [-0.05, 0) is 53.9 Å². The molecule has 0 unspecified atom stereocenters. The normalized spacial score (nSPS) is 11.9. The van der Waals surface area contributed by atoms with E-state index in [1.807, 2.05) is 12.1 Å². The molecule has 0 atom stereocenters. The summed E-state index contributed by atoms with van der Waals surface area (Å²) in [5.41, 5.74) is 7.37. The zero-order valence-corrected chi connectivity index (χ0v) is 16.5. The highest BCUT2D eigenvalue weighted by molar-refractivity contribution is 5.73. The monoisotopic (exact) mass is 377 g/mol. The molecule has 0 N–H and O–H groups in total. The van der Waals surface area contributed by atoms with E-state index in [0.717, 1.165) is 24.5 Å². The number of rotatable bonds is 4. The van der Waals surface area contributed by atoms with Crippen LogP contribution in [0.3, 0.4) is 0 Å². The fourth-order valence-electron chi connectivity index (χ4n) is 4.10. The number of ether oxygens (including phenoxy) is 1. The van der Waals surface area contributed by atoms with E-state index in [1.165, 1.54) is 33.6 Å². The summed E-state index contributed by atoms with van der Waals surface area (Å²) in [6.07, 6.45) is 0.889. The van der Waals surface area contributed by atoms with E-state index in [4.69, 9.17) is 4.74 Å². The van der Waals surface area contributed by atoms with Crippen LogP contribution in [-0.2, 0) is 6.42 Å². The van der Waals surface area contributed by atoms with Crippen molar-refractivity contribution in [2.75, 3.05) is 11.4 Å². The number of para-hydroxylation sites is 1. The first-order chi connectivity index (χ1) is 14.3. The van der Waals surface area contributed by atoms with E-state index >= 15 is 0 Å². The van der Waals surface area contributed by atoms with Crippen LogP contribution in [0.2, 0.25) is 0 Å². The Balaban J connectivity index is 1.51. The van der Waals surface area contributed by atoms with E-state index in [1.54, 1.807) is 0 Å². The number of hydrogen-bond donors (Lipinski definition) is 0. The van der Waals surface area contributed by atoms with Gasteiger partial charge in [-0.2, -0.15) is 0 Å². The Morgan fingerprint density at radius 1 is 0.690 bits per heavy atom. The zero-order chi connectivity index (χ0) is 19.6. The third-order valence-corrected chi connectivity index (χ3v) is 5.56. The van der Waals surface area contributed by atoms with Crippen LogP contribution in [-0.4, -0.2) is 6.54 Å². The highest BCUT2D eigenvalue weighted by Gasteiger charge is 2.22. The predicted molar refractivity (Wildman–Crippen MR) is 120 cm³/mol. The van der Waals surface area contributed by atoms with E-state index in [-0.39, 0.29) is 0 Å². The number of nitrogens with zero attached hydrogens (tertiary/aromatic N) is 1. The van der Waals surface area contributed by atoms with Gasteiger partial charge in [-0.15, -0.1) is 0 Å². The summed E-state index contributed by atoms with van der Waals surface area (Å²) < 4.78 is 6.20. The molecule has 0 amide bonds. The second kappa shape index (κ2) is 7.48. The van der Waals surface area contributed by atoms with Crippen molar-refractivity contribution in [2.24, 2.45) is 0 Å². The fourth-order valence-corrected chi connectivity index (χ4v) is 4.10. The van der Waals surface area contributed by atoms with Crippen molar-refractivity contribution in [3.63, 3.8) is 0 Å². The third-order valence-electron chi connectivity index (χ3n) is 5.56. The minimum Gasteiger partial charge on any atom is -0.457 e. The van der Waals surface area contributed by atoms with Crippen LogP contribution in [0.1, 0.15) is 18.1 Å². The van der Waals surface area contributed by atoms with Gasteiger partial charge in [0.1, 0.15) is 11.5 Å². The highest BCUT2D eigenvalue weighted by Crippen LogP contribution is 2.42. The number of anilines is 2. The molecule has 4 aromatic carbocycles. The first-order valence-corrected chi connectivity index (χ1v) is 10.1. The highest BCUT2D eigenvalue weighted by atomic mass is 16.5. The Bertz CT molecular complexity index is 1130. The zero-order valence-electron chi connectivity index (χ0n) is 16.5. The SMILES string of the molecule is CCN(c1ccc(-c2ccccc2)cc1)c1cccc2c1Cc1ccccc1O2. The molecule has 29 heavy (non-hydrogen) atoms. The lowest BCUT2D eigenvalue weighted by Gasteiger charge is -2.29. The van der Waals surface area contributed by atoms with Gasteiger partial charge in [-0.1, -0.05) is 66.7 Å². The lowest BCUT2D eigenvalue weighted by atomic mass is 9.97. The summed E-state index contributed by atoms with van der Waals surface area (Å²) in [5, 5.41) is 0. The Morgan fingerprint density at radius 2 is 1.38 bits per heavy atom. The molecule has 0 fully saturated rings. The predicted octanol–water partition coefficient (Wildman–Crippen LogP) is 7.21. The molecule has 0 bridgehead atoms. The van der Waals surface area contributed by atoms with E-state index in [2.05, 4.69) is 96.8 Å². The third kappa shape index (κ3) is 3.27. The van der Waals surface area contributed by atoms with E-state index in [9.17, 15) is 0 Å². The van der Waals surface area contributed by atoms with Crippen LogP contribution < -0.4 is 9.64 Å². The smallest absolute Gasteiger partial charge is 0.133 e. The molecular weight excluding hydrogens is 354 g/mol. The van der Waals surface area contributed by atoms with Crippen LogP contribution in [0.5, 0.6) is 11.5 Å². The van der Waals surface area contributed by atoms with Gasteiger partial charge in [0.05, 0.1) is 0 Å². The topological polar surface area (TPSA) is 12.5 Å². The van der Waals surface area contributed by atoms with Crippen molar-refractivity contribution in [3.05, 3.63) is 108 Å². The molecule has 2 heteroatoms. The summed E-state index contributed by atoms with van der Waals surface area (Å²) in [6.45, 7) is 3.09. The second-order valence-corrected chi connectivity index (χ2v) is 7.30. The lowest BCUT2D eigenvalue weighted by molar-refractivity contribution is 0.460. The van der Waals surface area contributed by atoms with Gasteiger partial charge in [0.15, 0.2) is 0 Å². The molecule has 0 saturated heterocycles. The Kier molecular flexibility index (Phi) is 4.53. The number of fused-ring (bicyclic) bond motifs is 2. The summed E-state index contributed by atoms with van der Waals surface area (Å²) >= 11 is 0. The van der Waals surface area contributed by atoms with E-state index in [0.29, 0.717) is 0 Å². The molecule has 1 heterocycles. The van der Waals surface area contributed by atoms with Crippen molar-refractivity contribution >= 4 is 11.4 Å². The summed E-state index contributed by atoms with van der Waals surface area (Å²) in [5.74, 6) is 1.92. The lowest BCUT2D eigenvalue weighted by Crippen LogP contribution is -2.19. The molecule has 0 aliphatic carbocycles. The first-order valence-electron chi connectivity index (χ1n) is 10.1. The number of hydrogen-bond acceptors (Lipinski definition) is 2. The van der Waals surface area contributed by atoms with Gasteiger partial charge in [-0.25, -0.2) is 0 Å². The van der Waals surface area contributed by atoms with Crippen molar-refractivity contribution in [2.45, 2.75) is 13.3 Å². The quantitative estimate of drug-likeness (QED) is 0.328. The molecule has 1 aliphatic rings. The minimum atomic E-state index is 0.889. The van der Waals surface area contributed by atoms with Crippen LogP contribution in [0.25, 0.3) is 11.1 Å². The van der Waals surface area contributed by atoms with Gasteiger partial charge in [0.2, 0.25) is 0 Å². The summed E-state index contributed by atoms with van der Waals surface area (Å²) in [6, 6.07) is 34.0. The molecular formula is C27H23NO. The Hall–Kier alpha value is -3.52. The number of benzene rings is 4. The molecule has 0 spiro atoms. The molecule has 0 aromatic heterocycles. The maximum Gasteiger partial charge on any atom is 0.133 e. The maximum absolute atomic E-state index is 6.20. The molecule has 0 saturated carbocycles. The molecule has 0 radical (unpaired) electrons. The average Bonchev–Trinajstić information content (AvgIpc) is 2.79. The molecule has 2 nitrogen and oxygen atoms in total. The van der Waals surface area contributed by atoms with Gasteiger partial charge in [-0.3, -0.25) is 0 Å². The minimum absolute atomic E-state index is 0.889. The maximum atomic E-state index is 6.20. The van der Waals surface area contributed by atoms with Gasteiger partial charge in [0, 0.05) is 29.9 Å². The van der Waals surface area contributed by atoms with Crippen LogP contribution in [0.4, 0.5) is 11.4 Å². The molecule has 5 rings (SSSR count).